The van der Waals surface area contributed by atoms with Gasteiger partial charge < -0.3 is 15.8 Å². The molecule has 0 fully saturated rings. The molecule has 0 saturated carbocycles. The fourth-order valence-corrected chi connectivity index (χ4v) is 4.00. The van der Waals surface area contributed by atoms with Gasteiger partial charge in [0.05, 0.1) is 13.1 Å². The second-order valence-electron chi connectivity index (χ2n) is 9.26. The summed E-state index contributed by atoms with van der Waals surface area (Å²) in [6.07, 6.45) is 19.0. The number of unbranched alkanes of at least 4 members (excludes halogenated alkanes) is 6. The summed E-state index contributed by atoms with van der Waals surface area (Å²) in [4.78, 5) is 10.3. The lowest BCUT2D eigenvalue weighted by Gasteiger charge is -2.33. The van der Waals surface area contributed by atoms with Gasteiger partial charge in [-0.05, 0) is 32.1 Å². The molecule has 1 aliphatic rings. The number of carbonyl (C=O) groups is 1. The van der Waals surface area contributed by atoms with Crippen LogP contribution in [-0.2, 0) is 9.53 Å². The van der Waals surface area contributed by atoms with Crippen LogP contribution in [0.3, 0.4) is 0 Å². The Kier molecular flexibility index (Phi) is 26.5. The standard InChI is InChI=1S/C15H29NO.C9H20.C5H11NO/c1-5-9-12(10-6-2)15-14(8-4)16-11-13(7-3)17-15;1-3-5-7-9-8-6-4-2;1-2-3-5(7)4-6/h12-13,16H,5-11H2,1-4H3;3-9H2,1-2H3;2-4,6H2,1H3. The van der Waals surface area contributed by atoms with E-state index in [1.165, 1.54) is 82.1 Å². The quantitative estimate of drug-likeness (QED) is 0.224. The van der Waals surface area contributed by atoms with Gasteiger partial charge >= 0.3 is 0 Å². The molecule has 0 amide bonds. The van der Waals surface area contributed by atoms with Gasteiger partial charge in [0, 0.05) is 18.0 Å². The third-order valence-electron chi connectivity index (χ3n) is 6.05. The van der Waals surface area contributed by atoms with Crippen LogP contribution in [0.1, 0.15) is 145 Å². The number of allylic oxidation sites excluding steroid dienone is 2. The Hall–Kier alpha value is -1.03. The normalized spacial score (nSPS) is 15.1. The number of carbonyl (C=O) groups excluding carboxylic acids is 1. The first-order chi connectivity index (χ1) is 16.0. The van der Waals surface area contributed by atoms with E-state index in [0.29, 0.717) is 18.4 Å². The fraction of sp³-hybridized carbons (Fsp3) is 0.897. The Labute approximate surface area is 207 Å². The van der Waals surface area contributed by atoms with Crippen molar-refractivity contribution in [3.8, 4) is 0 Å². The van der Waals surface area contributed by atoms with Gasteiger partial charge in [-0.25, -0.2) is 0 Å². The molecule has 0 bridgehead atoms. The lowest BCUT2D eigenvalue weighted by molar-refractivity contribution is -0.117. The number of Topliss-reactive ketones (excluding diaryl/α,β-unsaturated/α-hetero) is 1. The van der Waals surface area contributed by atoms with Crippen molar-refractivity contribution in [2.75, 3.05) is 13.1 Å². The highest BCUT2D eigenvalue weighted by Gasteiger charge is 2.25. The van der Waals surface area contributed by atoms with Crippen LogP contribution < -0.4 is 11.1 Å². The molecule has 1 aliphatic heterocycles. The van der Waals surface area contributed by atoms with E-state index in [0.717, 1.165) is 25.8 Å². The minimum absolute atomic E-state index is 0.155. The average Bonchev–Trinajstić information content (AvgIpc) is 2.84. The molecule has 0 aromatic carbocycles. The zero-order chi connectivity index (χ0) is 25.3. The summed E-state index contributed by atoms with van der Waals surface area (Å²) in [5.41, 5.74) is 6.36. The summed E-state index contributed by atoms with van der Waals surface area (Å²) >= 11 is 0. The third kappa shape index (κ3) is 19.0. The number of nitrogens with one attached hydrogen (secondary N) is 1. The molecule has 0 saturated heterocycles. The highest BCUT2D eigenvalue weighted by molar-refractivity contribution is 5.80. The minimum Gasteiger partial charge on any atom is -0.491 e. The predicted octanol–water partition coefficient (Wildman–Crippen LogP) is 8.29. The first kappa shape index (κ1) is 34.1. The summed E-state index contributed by atoms with van der Waals surface area (Å²) in [6, 6.07) is 0. The van der Waals surface area contributed by atoms with E-state index in [1.54, 1.807) is 0 Å². The van der Waals surface area contributed by atoms with Crippen LogP contribution in [0.5, 0.6) is 0 Å². The van der Waals surface area contributed by atoms with Crippen LogP contribution in [0.25, 0.3) is 0 Å². The van der Waals surface area contributed by atoms with Gasteiger partial charge in [-0.3, -0.25) is 4.79 Å². The second-order valence-corrected chi connectivity index (χ2v) is 9.26. The molecule has 1 unspecified atom stereocenters. The highest BCUT2D eigenvalue weighted by Crippen LogP contribution is 2.30. The minimum atomic E-state index is 0.155. The van der Waals surface area contributed by atoms with Gasteiger partial charge in [0.1, 0.15) is 17.6 Å². The molecule has 3 N–H and O–H groups in total. The van der Waals surface area contributed by atoms with E-state index in [-0.39, 0.29) is 12.3 Å². The van der Waals surface area contributed by atoms with Crippen LogP contribution >= 0.6 is 0 Å². The molecule has 1 heterocycles. The molecule has 4 heteroatoms. The van der Waals surface area contributed by atoms with E-state index in [9.17, 15) is 4.79 Å². The van der Waals surface area contributed by atoms with E-state index in [1.807, 2.05) is 6.92 Å². The maximum absolute atomic E-state index is 10.3. The SMILES string of the molecule is CCCC(=O)CN.CCCC(CCC)C1=C(CC)NCC(CC)O1.CCCCCCCCC. The zero-order valence-corrected chi connectivity index (χ0v) is 23.6. The number of nitrogens with two attached hydrogens (primary N) is 1. The molecular weight excluding hydrogens is 408 g/mol. The van der Waals surface area contributed by atoms with Crippen molar-refractivity contribution < 1.29 is 9.53 Å². The summed E-state index contributed by atoms with van der Waals surface area (Å²) in [5, 5.41) is 3.57. The molecule has 0 aromatic rings. The second kappa shape index (κ2) is 25.6. The average molecular weight is 469 g/mol. The number of hydrogen-bond acceptors (Lipinski definition) is 4. The van der Waals surface area contributed by atoms with Gasteiger partial charge in [0.2, 0.25) is 0 Å². The van der Waals surface area contributed by atoms with Crippen LogP contribution in [0.4, 0.5) is 0 Å². The van der Waals surface area contributed by atoms with Crippen LogP contribution in [0.2, 0.25) is 0 Å². The third-order valence-corrected chi connectivity index (χ3v) is 6.05. The maximum Gasteiger partial charge on any atom is 0.146 e. The number of ether oxygens (including phenoxy) is 1. The Morgan fingerprint density at radius 3 is 1.79 bits per heavy atom. The number of rotatable bonds is 16. The Bertz CT molecular complexity index is 451. The Balaban J connectivity index is 0. The van der Waals surface area contributed by atoms with Crippen molar-refractivity contribution in [2.45, 2.75) is 151 Å². The van der Waals surface area contributed by atoms with E-state index in [2.05, 4.69) is 46.9 Å². The van der Waals surface area contributed by atoms with Crippen molar-refractivity contribution in [2.24, 2.45) is 11.7 Å². The fourth-order valence-electron chi connectivity index (χ4n) is 4.00. The van der Waals surface area contributed by atoms with Crippen molar-refractivity contribution in [1.29, 1.82) is 0 Å². The first-order valence-corrected chi connectivity index (χ1v) is 14.3. The van der Waals surface area contributed by atoms with E-state index in [4.69, 9.17) is 10.5 Å². The van der Waals surface area contributed by atoms with Gasteiger partial charge in [0.25, 0.3) is 0 Å². The van der Waals surface area contributed by atoms with Crippen LogP contribution in [0, 0.1) is 5.92 Å². The molecule has 33 heavy (non-hydrogen) atoms. The van der Waals surface area contributed by atoms with Crippen molar-refractivity contribution in [1.82, 2.24) is 5.32 Å². The number of ketones is 1. The summed E-state index contributed by atoms with van der Waals surface area (Å²) in [7, 11) is 0. The molecule has 4 nitrogen and oxygen atoms in total. The zero-order valence-electron chi connectivity index (χ0n) is 23.6. The molecule has 0 aliphatic carbocycles. The lowest BCUT2D eigenvalue weighted by Crippen LogP contribution is -2.36. The summed E-state index contributed by atoms with van der Waals surface area (Å²) < 4.78 is 6.22. The molecule has 1 atom stereocenters. The van der Waals surface area contributed by atoms with Gasteiger partial charge in [-0.15, -0.1) is 0 Å². The smallest absolute Gasteiger partial charge is 0.146 e. The lowest BCUT2D eigenvalue weighted by atomic mass is 9.93. The molecule has 198 valence electrons. The predicted molar refractivity (Wildman–Crippen MR) is 146 cm³/mol. The topological polar surface area (TPSA) is 64.4 Å². The summed E-state index contributed by atoms with van der Waals surface area (Å²) in [6.45, 7) is 16.6. The number of hydrogen-bond donors (Lipinski definition) is 2. The monoisotopic (exact) mass is 468 g/mol. The molecular formula is C29H60N2O2. The first-order valence-electron chi connectivity index (χ1n) is 14.3. The Morgan fingerprint density at radius 2 is 1.42 bits per heavy atom. The van der Waals surface area contributed by atoms with Gasteiger partial charge in [-0.2, -0.15) is 0 Å². The van der Waals surface area contributed by atoms with Crippen LogP contribution in [-0.4, -0.2) is 25.0 Å². The maximum atomic E-state index is 10.3. The van der Waals surface area contributed by atoms with Crippen LogP contribution in [0.15, 0.2) is 11.5 Å². The van der Waals surface area contributed by atoms with E-state index < -0.39 is 0 Å². The molecule has 1 rings (SSSR count). The molecule has 0 spiro atoms. The van der Waals surface area contributed by atoms with Gasteiger partial charge in [-0.1, -0.05) is 106 Å². The molecule has 0 aromatic heterocycles. The largest absolute Gasteiger partial charge is 0.491 e. The van der Waals surface area contributed by atoms with Crippen molar-refractivity contribution in [3.05, 3.63) is 11.5 Å². The van der Waals surface area contributed by atoms with Gasteiger partial charge in [0.15, 0.2) is 0 Å². The highest BCUT2D eigenvalue weighted by atomic mass is 16.5. The Morgan fingerprint density at radius 1 is 0.879 bits per heavy atom. The van der Waals surface area contributed by atoms with Crippen molar-refractivity contribution >= 4 is 5.78 Å². The summed E-state index contributed by atoms with van der Waals surface area (Å²) in [5.74, 6) is 2.05. The molecule has 0 radical (unpaired) electrons. The van der Waals surface area contributed by atoms with E-state index >= 15 is 0 Å². The van der Waals surface area contributed by atoms with Crippen molar-refractivity contribution in [3.63, 3.8) is 0 Å².